The number of rotatable bonds is 4. The van der Waals surface area contributed by atoms with Crippen LogP contribution in [0.15, 0.2) is 54.5 Å². The van der Waals surface area contributed by atoms with Gasteiger partial charge in [0.15, 0.2) is 0 Å². The topological polar surface area (TPSA) is 49.3 Å². The van der Waals surface area contributed by atoms with Crippen molar-refractivity contribution in [1.82, 2.24) is 5.23 Å². The molecule has 1 aromatic carbocycles. The number of nitrogens with one attached hydrogen (secondary N) is 1. The van der Waals surface area contributed by atoms with E-state index in [1.165, 1.54) is 0 Å². The summed E-state index contributed by atoms with van der Waals surface area (Å²) in [6.07, 6.45) is 3.21. The molecule has 0 aliphatic heterocycles. The van der Waals surface area contributed by atoms with Crippen LogP contribution in [0.3, 0.4) is 0 Å². The first-order chi connectivity index (χ1) is 7.65. The van der Waals surface area contributed by atoms with Crippen LogP contribution in [0.1, 0.15) is 17.3 Å². The van der Waals surface area contributed by atoms with Crippen molar-refractivity contribution in [3.05, 3.63) is 60.1 Å². The Labute approximate surface area is 95.6 Å². The number of hydrogen-bond acceptors (Lipinski definition) is 2. The van der Waals surface area contributed by atoms with Gasteiger partial charge in [-0.05, 0) is 19.1 Å². The molecule has 0 aliphatic carbocycles. The molecule has 1 rings (SSSR count). The monoisotopic (exact) mass is 215 g/mol. The number of hydrogen-bond donors (Lipinski definition) is 2. The van der Waals surface area contributed by atoms with Gasteiger partial charge in [0.25, 0.3) is 0 Å². The van der Waals surface area contributed by atoms with Gasteiger partial charge in [-0.1, -0.05) is 42.4 Å². The highest BCUT2D eigenvalue weighted by atomic mass is 16.2. The highest BCUT2D eigenvalue weighted by Gasteiger charge is 2.17. The lowest BCUT2D eigenvalue weighted by Crippen LogP contribution is -2.40. The number of carbonyl (C=O) groups excluding carboxylic acids is 1. The van der Waals surface area contributed by atoms with Gasteiger partial charge >= 0.3 is 7.05 Å². The number of amides is 1. The van der Waals surface area contributed by atoms with Gasteiger partial charge in [-0.25, -0.2) is 0 Å². The maximum Gasteiger partial charge on any atom is 0.444 e. The van der Waals surface area contributed by atoms with Gasteiger partial charge in [0, 0.05) is 5.56 Å². The lowest BCUT2D eigenvalue weighted by atomic mass is 9.74. The molecule has 0 saturated heterocycles. The molecule has 1 aromatic rings. The quantitative estimate of drug-likeness (QED) is 0.591. The minimum absolute atomic E-state index is 0.301. The van der Waals surface area contributed by atoms with Gasteiger partial charge in [0.1, 0.15) is 0 Å². The lowest BCUT2D eigenvalue weighted by Gasteiger charge is -2.08. The Hall–Kier alpha value is -1.81. The first kappa shape index (κ1) is 12.3. The predicted molar refractivity (Wildman–Crippen MR) is 65.8 cm³/mol. The Kier molecular flexibility index (Phi) is 4.54. The number of carbonyl (C=O) groups is 1. The first-order valence-corrected chi connectivity index (χ1v) is 4.98. The van der Waals surface area contributed by atoms with Crippen LogP contribution in [0, 0.1) is 0 Å². The van der Waals surface area contributed by atoms with E-state index >= 15 is 0 Å². The maximum atomic E-state index is 11.6. The van der Waals surface area contributed by atoms with Gasteiger partial charge in [0.2, 0.25) is 5.91 Å². The molecular weight excluding hydrogens is 201 g/mol. The summed E-state index contributed by atoms with van der Waals surface area (Å²) in [6, 6.07) is 8.75. The van der Waals surface area contributed by atoms with E-state index in [2.05, 4.69) is 11.8 Å². The standard InChI is InChI=1S/C12H14BNO2/c1-3-7-10(2)13(16)14-12(15)11-8-5-4-6-9-11/h3-9,16H,1H2,2H3,(H,14,15)/b10-7+. The van der Waals surface area contributed by atoms with Crippen LogP contribution in [0.5, 0.6) is 0 Å². The molecule has 0 saturated carbocycles. The highest BCUT2D eigenvalue weighted by Crippen LogP contribution is 2.00. The first-order valence-electron chi connectivity index (χ1n) is 4.98. The van der Waals surface area contributed by atoms with Crippen LogP contribution in [0.25, 0.3) is 0 Å². The Morgan fingerprint density at radius 1 is 1.44 bits per heavy atom. The molecule has 3 nitrogen and oxygen atoms in total. The van der Waals surface area contributed by atoms with Gasteiger partial charge in [-0.3, -0.25) is 4.79 Å². The second kappa shape index (κ2) is 5.93. The van der Waals surface area contributed by atoms with E-state index in [4.69, 9.17) is 0 Å². The number of benzene rings is 1. The van der Waals surface area contributed by atoms with Crippen molar-refractivity contribution < 1.29 is 9.82 Å². The third-order valence-electron chi connectivity index (χ3n) is 2.12. The fourth-order valence-electron chi connectivity index (χ4n) is 1.19. The van der Waals surface area contributed by atoms with Crippen LogP contribution >= 0.6 is 0 Å². The number of allylic oxidation sites excluding steroid dienone is 3. The zero-order chi connectivity index (χ0) is 12.0. The van der Waals surface area contributed by atoms with Crippen molar-refractivity contribution in [3.63, 3.8) is 0 Å². The molecular formula is C12H14BNO2. The summed E-state index contributed by atoms with van der Waals surface area (Å²) >= 11 is 0. The molecule has 0 aromatic heterocycles. The molecule has 4 heteroatoms. The van der Waals surface area contributed by atoms with E-state index in [-0.39, 0.29) is 5.91 Å². The van der Waals surface area contributed by atoms with Crippen molar-refractivity contribution >= 4 is 13.0 Å². The zero-order valence-corrected chi connectivity index (χ0v) is 9.18. The Balaban J connectivity index is 2.65. The van der Waals surface area contributed by atoms with Crippen LogP contribution < -0.4 is 5.23 Å². The SMILES string of the molecule is C=C/C=C(\C)B(O)NC(=O)c1ccccc1. The zero-order valence-electron chi connectivity index (χ0n) is 9.18. The molecule has 0 heterocycles. The summed E-state index contributed by atoms with van der Waals surface area (Å²) in [5.74, 6) is -0.301. The summed E-state index contributed by atoms with van der Waals surface area (Å²) in [5, 5.41) is 12.1. The van der Waals surface area contributed by atoms with E-state index in [1.807, 2.05) is 6.07 Å². The molecule has 0 radical (unpaired) electrons. The predicted octanol–water partition coefficient (Wildman–Crippen LogP) is 1.57. The molecule has 0 aliphatic rings. The Morgan fingerprint density at radius 3 is 2.62 bits per heavy atom. The molecule has 2 N–H and O–H groups in total. The molecule has 0 fully saturated rings. The molecule has 0 atom stereocenters. The third kappa shape index (κ3) is 3.40. The summed E-state index contributed by atoms with van der Waals surface area (Å²) < 4.78 is 0. The average Bonchev–Trinajstić information content (AvgIpc) is 2.30. The summed E-state index contributed by atoms with van der Waals surface area (Å²) in [4.78, 5) is 11.6. The third-order valence-corrected chi connectivity index (χ3v) is 2.12. The molecule has 82 valence electrons. The molecule has 0 spiro atoms. The van der Waals surface area contributed by atoms with Gasteiger partial charge < -0.3 is 10.3 Å². The smallest absolute Gasteiger partial charge is 0.429 e. The average molecular weight is 215 g/mol. The van der Waals surface area contributed by atoms with Gasteiger partial charge in [-0.2, -0.15) is 0 Å². The molecule has 16 heavy (non-hydrogen) atoms. The van der Waals surface area contributed by atoms with E-state index in [1.54, 1.807) is 43.3 Å². The van der Waals surface area contributed by atoms with Crippen molar-refractivity contribution in [3.8, 4) is 0 Å². The van der Waals surface area contributed by atoms with E-state index in [0.717, 1.165) is 0 Å². The highest BCUT2D eigenvalue weighted by molar-refractivity contribution is 6.59. The van der Waals surface area contributed by atoms with Crippen LogP contribution in [0.2, 0.25) is 0 Å². The summed E-state index contributed by atoms with van der Waals surface area (Å²) in [7, 11) is -0.981. The largest absolute Gasteiger partial charge is 0.444 e. The Bertz CT molecular complexity index is 401. The molecule has 1 amide bonds. The Morgan fingerprint density at radius 2 is 2.06 bits per heavy atom. The van der Waals surface area contributed by atoms with Crippen molar-refractivity contribution in [2.75, 3.05) is 0 Å². The van der Waals surface area contributed by atoms with Crippen LogP contribution in [-0.2, 0) is 0 Å². The van der Waals surface area contributed by atoms with E-state index < -0.39 is 7.05 Å². The normalized spacial score (nSPS) is 10.8. The van der Waals surface area contributed by atoms with Crippen molar-refractivity contribution in [2.24, 2.45) is 0 Å². The second-order valence-electron chi connectivity index (χ2n) is 3.39. The van der Waals surface area contributed by atoms with E-state index in [9.17, 15) is 9.82 Å². The fraction of sp³-hybridized carbons (Fsp3) is 0.0833. The maximum absolute atomic E-state index is 11.6. The summed E-state index contributed by atoms with van der Waals surface area (Å²) in [5.41, 5.74) is 1.16. The van der Waals surface area contributed by atoms with Crippen LogP contribution in [0.4, 0.5) is 0 Å². The minimum atomic E-state index is -0.981. The fourth-order valence-corrected chi connectivity index (χ4v) is 1.19. The summed E-state index contributed by atoms with van der Waals surface area (Å²) in [6.45, 7) is 5.24. The van der Waals surface area contributed by atoms with Crippen molar-refractivity contribution in [2.45, 2.75) is 6.92 Å². The van der Waals surface area contributed by atoms with Crippen molar-refractivity contribution in [1.29, 1.82) is 0 Å². The van der Waals surface area contributed by atoms with E-state index in [0.29, 0.717) is 11.0 Å². The molecule has 0 unspecified atom stereocenters. The minimum Gasteiger partial charge on any atom is -0.429 e. The second-order valence-corrected chi connectivity index (χ2v) is 3.39. The van der Waals surface area contributed by atoms with Crippen LogP contribution in [-0.4, -0.2) is 18.0 Å². The molecule has 0 bridgehead atoms. The van der Waals surface area contributed by atoms with Gasteiger partial charge in [0.05, 0.1) is 0 Å². The van der Waals surface area contributed by atoms with Gasteiger partial charge in [-0.15, -0.1) is 0 Å². The lowest BCUT2D eigenvalue weighted by molar-refractivity contribution is 0.0975.